The topological polar surface area (TPSA) is 32.8 Å². The Kier molecular flexibility index (Phi) is 4.69. The van der Waals surface area contributed by atoms with Crippen molar-refractivity contribution in [1.29, 1.82) is 0 Å². The van der Waals surface area contributed by atoms with Crippen molar-refractivity contribution in [2.45, 2.75) is 6.92 Å². The first-order valence-electron chi connectivity index (χ1n) is 8.03. The van der Waals surface area contributed by atoms with Gasteiger partial charge in [0, 0.05) is 37.4 Å². The van der Waals surface area contributed by atoms with Crippen molar-refractivity contribution in [3.8, 4) is 5.75 Å². The van der Waals surface area contributed by atoms with Crippen LogP contribution in [0.25, 0.3) is 0 Å². The molecule has 24 heavy (non-hydrogen) atoms. The van der Waals surface area contributed by atoms with Gasteiger partial charge in [-0.2, -0.15) is 0 Å². The van der Waals surface area contributed by atoms with E-state index in [2.05, 4.69) is 4.90 Å². The van der Waals surface area contributed by atoms with Crippen molar-refractivity contribution >= 4 is 11.6 Å². The van der Waals surface area contributed by atoms with Crippen molar-refractivity contribution < 1.29 is 13.9 Å². The average Bonchev–Trinajstić information content (AvgIpc) is 2.63. The second-order valence-electron chi connectivity index (χ2n) is 5.94. The molecule has 126 valence electrons. The van der Waals surface area contributed by atoms with Crippen molar-refractivity contribution in [2.24, 2.45) is 0 Å². The van der Waals surface area contributed by atoms with E-state index in [9.17, 15) is 9.18 Å². The fourth-order valence-electron chi connectivity index (χ4n) is 2.96. The third-order valence-electron chi connectivity index (χ3n) is 4.43. The standard InChI is InChI=1S/C19H21FN2O2/c1-14-3-4-15(20)13-18(14)19(23)22-11-9-21(10-12-22)16-5-7-17(24-2)8-6-16/h3-8,13H,9-12H2,1-2H3. The number of carbonyl (C=O) groups excluding carboxylic acids is 1. The quantitative estimate of drug-likeness (QED) is 0.868. The van der Waals surface area contributed by atoms with Crippen molar-refractivity contribution in [3.05, 3.63) is 59.4 Å². The maximum atomic E-state index is 13.4. The zero-order valence-electron chi connectivity index (χ0n) is 14.0. The number of methoxy groups -OCH3 is 1. The predicted octanol–water partition coefficient (Wildman–Crippen LogP) is 3.11. The van der Waals surface area contributed by atoms with Gasteiger partial charge in [-0.3, -0.25) is 4.79 Å². The van der Waals surface area contributed by atoms with Crippen LogP contribution in [0.1, 0.15) is 15.9 Å². The number of anilines is 1. The molecule has 0 aliphatic carbocycles. The molecule has 1 aliphatic heterocycles. The van der Waals surface area contributed by atoms with E-state index in [0.29, 0.717) is 18.7 Å². The van der Waals surface area contributed by atoms with Gasteiger partial charge in [0.25, 0.3) is 5.91 Å². The molecule has 1 amide bonds. The first kappa shape index (κ1) is 16.3. The van der Waals surface area contributed by atoms with E-state index < -0.39 is 0 Å². The molecule has 0 aromatic heterocycles. The average molecular weight is 328 g/mol. The number of amides is 1. The normalized spacial score (nSPS) is 14.6. The van der Waals surface area contributed by atoms with E-state index in [-0.39, 0.29) is 11.7 Å². The van der Waals surface area contributed by atoms with Crippen LogP contribution in [0.5, 0.6) is 5.75 Å². The Labute approximate surface area is 141 Å². The van der Waals surface area contributed by atoms with Gasteiger partial charge in [-0.1, -0.05) is 6.07 Å². The molecule has 4 nitrogen and oxygen atoms in total. The highest BCUT2D eigenvalue weighted by atomic mass is 19.1. The van der Waals surface area contributed by atoms with Gasteiger partial charge in [0.2, 0.25) is 0 Å². The van der Waals surface area contributed by atoms with Crippen LogP contribution in [0.3, 0.4) is 0 Å². The van der Waals surface area contributed by atoms with Crippen molar-refractivity contribution in [2.75, 3.05) is 38.2 Å². The minimum atomic E-state index is -0.374. The zero-order chi connectivity index (χ0) is 17.1. The molecule has 0 spiro atoms. The summed E-state index contributed by atoms with van der Waals surface area (Å²) >= 11 is 0. The van der Waals surface area contributed by atoms with E-state index in [4.69, 9.17) is 4.74 Å². The summed E-state index contributed by atoms with van der Waals surface area (Å²) in [5, 5.41) is 0. The molecule has 0 bridgehead atoms. The summed E-state index contributed by atoms with van der Waals surface area (Å²) in [6.45, 7) is 4.60. The van der Waals surface area contributed by atoms with Gasteiger partial charge in [0.05, 0.1) is 7.11 Å². The Morgan fingerprint density at radius 2 is 1.71 bits per heavy atom. The van der Waals surface area contributed by atoms with Gasteiger partial charge in [-0.25, -0.2) is 4.39 Å². The molecule has 1 heterocycles. The summed E-state index contributed by atoms with van der Waals surface area (Å²) in [7, 11) is 1.65. The molecule has 0 unspecified atom stereocenters. The third kappa shape index (κ3) is 3.35. The van der Waals surface area contributed by atoms with Gasteiger partial charge in [0.15, 0.2) is 0 Å². The molecule has 0 N–H and O–H groups in total. The van der Waals surface area contributed by atoms with E-state index in [1.807, 2.05) is 31.2 Å². The lowest BCUT2D eigenvalue weighted by Gasteiger charge is -2.36. The third-order valence-corrected chi connectivity index (χ3v) is 4.43. The summed E-state index contributed by atoms with van der Waals surface area (Å²) in [4.78, 5) is 16.7. The molecule has 0 atom stereocenters. The fraction of sp³-hybridized carbons (Fsp3) is 0.316. The second kappa shape index (κ2) is 6.91. The molecule has 3 rings (SSSR count). The number of carbonyl (C=O) groups is 1. The Morgan fingerprint density at radius 3 is 2.33 bits per heavy atom. The van der Waals surface area contributed by atoms with Crippen molar-refractivity contribution in [3.63, 3.8) is 0 Å². The largest absolute Gasteiger partial charge is 0.497 e. The molecule has 1 saturated heterocycles. The van der Waals surface area contributed by atoms with Crippen LogP contribution in [0.2, 0.25) is 0 Å². The number of nitrogens with zero attached hydrogens (tertiary/aromatic N) is 2. The number of halogens is 1. The lowest BCUT2D eigenvalue weighted by atomic mass is 10.1. The van der Waals surface area contributed by atoms with Crippen LogP contribution in [0.4, 0.5) is 10.1 Å². The molecular weight excluding hydrogens is 307 g/mol. The minimum Gasteiger partial charge on any atom is -0.497 e. The molecule has 1 aliphatic rings. The lowest BCUT2D eigenvalue weighted by molar-refractivity contribution is 0.0745. The van der Waals surface area contributed by atoms with Gasteiger partial charge in [-0.05, 0) is 48.9 Å². The van der Waals surface area contributed by atoms with Crippen LogP contribution in [0, 0.1) is 12.7 Å². The number of piperazine rings is 1. The van der Waals surface area contributed by atoms with E-state index in [1.165, 1.54) is 12.1 Å². The van der Waals surface area contributed by atoms with Gasteiger partial charge < -0.3 is 14.5 Å². The zero-order valence-corrected chi connectivity index (χ0v) is 14.0. The van der Waals surface area contributed by atoms with Crippen LogP contribution in [0.15, 0.2) is 42.5 Å². The molecule has 0 radical (unpaired) electrons. The minimum absolute atomic E-state index is 0.0959. The molecular formula is C19H21FN2O2. The highest BCUT2D eigenvalue weighted by molar-refractivity contribution is 5.95. The number of hydrogen-bond acceptors (Lipinski definition) is 3. The molecule has 2 aromatic carbocycles. The van der Waals surface area contributed by atoms with Crippen LogP contribution in [-0.2, 0) is 0 Å². The second-order valence-corrected chi connectivity index (χ2v) is 5.94. The maximum Gasteiger partial charge on any atom is 0.254 e. The number of ether oxygens (including phenoxy) is 1. The number of hydrogen-bond donors (Lipinski definition) is 0. The first-order chi connectivity index (χ1) is 11.6. The fourth-order valence-corrected chi connectivity index (χ4v) is 2.96. The predicted molar refractivity (Wildman–Crippen MR) is 92.2 cm³/mol. The van der Waals surface area contributed by atoms with E-state index in [1.54, 1.807) is 18.1 Å². The summed E-state index contributed by atoms with van der Waals surface area (Å²) < 4.78 is 18.6. The number of aryl methyl sites for hydroxylation is 1. The molecule has 5 heteroatoms. The van der Waals surface area contributed by atoms with Gasteiger partial charge in [0.1, 0.15) is 11.6 Å². The first-order valence-corrected chi connectivity index (χ1v) is 8.03. The van der Waals surface area contributed by atoms with Gasteiger partial charge in [-0.15, -0.1) is 0 Å². The van der Waals surface area contributed by atoms with E-state index >= 15 is 0 Å². The lowest BCUT2D eigenvalue weighted by Crippen LogP contribution is -2.49. The Balaban J connectivity index is 1.65. The van der Waals surface area contributed by atoms with Gasteiger partial charge >= 0.3 is 0 Å². The Hall–Kier alpha value is -2.56. The summed E-state index contributed by atoms with van der Waals surface area (Å²) in [6, 6.07) is 12.3. The Morgan fingerprint density at radius 1 is 1.04 bits per heavy atom. The van der Waals surface area contributed by atoms with Crippen LogP contribution in [-0.4, -0.2) is 44.1 Å². The monoisotopic (exact) mass is 328 g/mol. The van der Waals surface area contributed by atoms with Crippen LogP contribution < -0.4 is 9.64 Å². The van der Waals surface area contributed by atoms with Crippen LogP contribution >= 0.6 is 0 Å². The Bertz CT molecular complexity index is 723. The molecule has 0 saturated carbocycles. The SMILES string of the molecule is COc1ccc(N2CCN(C(=O)c3cc(F)ccc3C)CC2)cc1. The maximum absolute atomic E-state index is 13.4. The summed E-state index contributed by atoms with van der Waals surface area (Å²) in [6.07, 6.45) is 0. The number of rotatable bonds is 3. The smallest absolute Gasteiger partial charge is 0.254 e. The molecule has 2 aromatic rings. The summed E-state index contributed by atoms with van der Waals surface area (Å²) in [5.74, 6) is 0.358. The van der Waals surface area contributed by atoms with Crippen molar-refractivity contribution in [1.82, 2.24) is 4.90 Å². The van der Waals surface area contributed by atoms with E-state index in [0.717, 1.165) is 30.1 Å². The number of benzene rings is 2. The highest BCUT2D eigenvalue weighted by Gasteiger charge is 2.23. The summed E-state index contributed by atoms with van der Waals surface area (Å²) in [5.41, 5.74) is 2.37. The molecule has 1 fully saturated rings. The highest BCUT2D eigenvalue weighted by Crippen LogP contribution is 2.21.